The van der Waals surface area contributed by atoms with Crippen molar-refractivity contribution in [3.05, 3.63) is 0 Å². The Bertz CT molecular complexity index is 166. The average Bonchev–Trinajstić information content (AvgIpc) is 2.36. The van der Waals surface area contributed by atoms with E-state index in [0.717, 1.165) is 6.61 Å². The van der Waals surface area contributed by atoms with Gasteiger partial charge in [0.1, 0.15) is 0 Å². The second-order valence-corrected chi connectivity index (χ2v) is 7.79. The summed E-state index contributed by atoms with van der Waals surface area (Å²) in [7, 11) is 0. The van der Waals surface area contributed by atoms with Gasteiger partial charge >= 0.3 is 0 Å². The van der Waals surface area contributed by atoms with Crippen molar-refractivity contribution in [2.75, 3.05) is 42.6 Å². The highest BCUT2D eigenvalue weighted by atomic mass is 32.2. The molecule has 0 fully saturated rings. The SMILES string of the molecule is CSCCCOC(C)(CCCSC)CCCSC. The molecule has 0 aromatic heterocycles. The summed E-state index contributed by atoms with van der Waals surface area (Å²) in [6.07, 6.45) is 12.7. The molecule has 0 aliphatic rings. The third-order valence-corrected chi connectivity index (χ3v) is 5.14. The first-order valence-electron chi connectivity index (χ1n) is 6.79. The molecule has 0 radical (unpaired) electrons. The van der Waals surface area contributed by atoms with E-state index in [-0.39, 0.29) is 5.60 Å². The number of thioether (sulfide) groups is 3. The van der Waals surface area contributed by atoms with Crippen LogP contribution in [0.1, 0.15) is 39.0 Å². The van der Waals surface area contributed by atoms with Gasteiger partial charge in [-0.15, -0.1) is 0 Å². The molecule has 4 heteroatoms. The largest absolute Gasteiger partial charge is 0.375 e. The second-order valence-electron chi connectivity index (χ2n) is 4.84. The van der Waals surface area contributed by atoms with Crippen LogP contribution in [0.4, 0.5) is 0 Å². The summed E-state index contributed by atoms with van der Waals surface area (Å²) in [5, 5.41) is 0. The van der Waals surface area contributed by atoms with Crippen LogP contribution in [0.3, 0.4) is 0 Å². The van der Waals surface area contributed by atoms with Crippen LogP contribution in [0.2, 0.25) is 0 Å². The fourth-order valence-corrected chi connectivity index (χ4v) is 3.24. The zero-order valence-electron chi connectivity index (χ0n) is 12.5. The summed E-state index contributed by atoms with van der Waals surface area (Å²) in [5.41, 5.74) is 0.115. The smallest absolute Gasteiger partial charge is 0.0655 e. The molecule has 110 valence electrons. The lowest BCUT2D eigenvalue weighted by atomic mass is 9.94. The summed E-state index contributed by atoms with van der Waals surface area (Å²) in [4.78, 5) is 0. The molecule has 0 aromatic carbocycles. The van der Waals surface area contributed by atoms with Crippen molar-refractivity contribution in [3.8, 4) is 0 Å². The molecule has 1 nitrogen and oxygen atoms in total. The Hall–Kier alpha value is 1.01. The van der Waals surface area contributed by atoms with Gasteiger partial charge in [-0.1, -0.05) is 0 Å². The zero-order valence-corrected chi connectivity index (χ0v) is 14.9. The summed E-state index contributed by atoms with van der Waals surface area (Å²) in [6.45, 7) is 3.24. The van der Waals surface area contributed by atoms with Crippen molar-refractivity contribution in [2.45, 2.75) is 44.6 Å². The molecule has 0 aliphatic carbocycles. The summed E-state index contributed by atoms with van der Waals surface area (Å²) in [6, 6.07) is 0. The minimum Gasteiger partial charge on any atom is -0.375 e. The highest BCUT2D eigenvalue weighted by Crippen LogP contribution is 2.25. The molecular formula is C14H30OS3. The normalized spacial score (nSPS) is 12.0. The molecule has 0 saturated carbocycles. The summed E-state index contributed by atoms with van der Waals surface area (Å²) < 4.78 is 6.19. The van der Waals surface area contributed by atoms with Crippen molar-refractivity contribution in [1.82, 2.24) is 0 Å². The van der Waals surface area contributed by atoms with Crippen LogP contribution < -0.4 is 0 Å². The van der Waals surface area contributed by atoms with Crippen molar-refractivity contribution >= 4 is 35.3 Å². The molecule has 0 heterocycles. The third kappa shape index (κ3) is 10.9. The highest BCUT2D eigenvalue weighted by Gasteiger charge is 2.23. The minimum atomic E-state index is 0.115. The molecule has 0 amide bonds. The maximum atomic E-state index is 6.19. The van der Waals surface area contributed by atoms with Crippen LogP contribution in [0.15, 0.2) is 0 Å². The van der Waals surface area contributed by atoms with Gasteiger partial charge in [-0.05, 0) is 75.1 Å². The van der Waals surface area contributed by atoms with Gasteiger partial charge in [0.25, 0.3) is 0 Å². The third-order valence-electron chi connectivity index (χ3n) is 3.05. The van der Waals surface area contributed by atoms with Crippen LogP contribution in [-0.2, 0) is 4.74 Å². The van der Waals surface area contributed by atoms with Crippen molar-refractivity contribution < 1.29 is 4.74 Å². The van der Waals surface area contributed by atoms with Crippen LogP contribution in [-0.4, -0.2) is 48.2 Å². The molecule has 18 heavy (non-hydrogen) atoms. The van der Waals surface area contributed by atoms with Crippen molar-refractivity contribution in [1.29, 1.82) is 0 Å². The van der Waals surface area contributed by atoms with E-state index in [4.69, 9.17) is 4.74 Å². The first kappa shape index (κ1) is 19.0. The van der Waals surface area contributed by atoms with E-state index < -0.39 is 0 Å². The summed E-state index contributed by atoms with van der Waals surface area (Å²) in [5.74, 6) is 3.73. The van der Waals surface area contributed by atoms with Crippen molar-refractivity contribution in [3.63, 3.8) is 0 Å². The van der Waals surface area contributed by atoms with Gasteiger partial charge in [0.05, 0.1) is 5.60 Å². The van der Waals surface area contributed by atoms with E-state index in [2.05, 4.69) is 25.7 Å². The van der Waals surface area contributed by atoms with Gasteiger partial charge in [-0.2, -0.15) is 35.3 Å². The van der Waals surface area contributed by atoms with Crippen LogP contribution in [0.5, 0.6) is 0 Å². The lowest BCUT2D eigenvalue weighted by Gasteiger charge is -2.30. The highest BCUT2D eigenvalue weighted by molar-refractivity contribution is 7.98. The van der Waals surface area contributed by atoms with E-state index in [1.54, 1.807) is 0 Å². The van der Waals surface area contributed by atoms with Gasteiger partial charge < -0.3 is 4.74 Å². The summed E-state index contributed by atoms with van der Waals surface area (Å²) >= 11 is 5.79. The maximum absolute atomic E-state index is 6.19. The predicted molar refractivity (Wildman–Crippen MR) is 92.6 cm³/mol. The van der Waals surface area contributed by atoms with Crippen LogP contribution in [0.25, 0.3) is 0 Å². The topological polar surface area (TPSA) is 9.23 Å². The van der Waals surface area contributed by atoms with Crippen molar-refractivity contribution in [2.24, 2.45) is 0 Å². The standard InChI is InChI=1S/C14H30OS3/c1-14(8-5-11-16-2,9-6-12-17-3)15-10-7-13-18-4/h5-13H2,1-4H3. The Morgan fingerprint density at radius 1 is 0.778 bits per heavy atom. The monoisotopic (exact) mass is 310 g/mol. The Kier molecular flexibility index (Phi) is 13.7. The Balaban J connectivity index is 3.95. The zero-order chi connectivity index (χ0) is 13.7. The number of rotatable bonds is 13. The number of hydrogen-bond acceptors (Lipinski definition) is 4. The van der Waals surface area contributed by atoms with Gasteiger partial charge in [-0.3, -0.25) is 0 Å². The van der Waals surface area contributed by atoms with Gasteiger partial charge in [-0.25, -0.2) is 0 Å². The van der Waals surface area contributed by atoms with E-state index in [1.807, 2.05) is 35.3 Å². The molecule has 0 aromatic rings. The Morgan fingerprint density at radius 3 is 1.67 bits per heavy atom. The Labute approximate surface area is 127 Å². The fraction of sp³-hybridized carbons (Fsp3) is 1.00. The fourth-order valence-electron chi connectivity index (χ4n) is 1.97. The Morgan fingerprint density at radius 2 is 1.22 bits per heavy atom. The molecule has 0 rings (SSSR count). The van der Waals surface area contributed by atoms with Crippen LogP contribution in [0, 0.1) is 0 Å². The first-order valence-corrected chi connectivity index (χ1v) is 11.0. The molecule has 0 spiro atoms. The van der Waals surface area contributed by atoms with E-state index in [0.29, 0.717) is 0 Å². The number of ether oxygens (including phenoxy) is 1. The van der Waals surface area contributed by atoms with E-state index in [9.17, 15) is 0 Å². The molecular weight excluding hydrogens is 280 g/mol. The van der Waals surface area contributed by atoms with Gasteiger partial charge in [0, 0.05) is 6.61 Å². The van der Waals surface area contributed by atoms with Crippen LogP contribution >= 0.6 is 35.3 Å². The maximum Gasteiger partial charge on any atom is 0.0655 e. The molecule has 0 N–H and O–H groups in total. The second kappa shape index (κ2) is 13.0. The van der Waals surface area contributed by atoms with Gasteiger partial charge in [0.2, 0.25) is 0 Å². The van der Waals surface area contributed by atoms with Gasteiger partial charge in [0.15, 0.2) is 0 Å². The molecule has 0 bridgehead atoms. The number of hydrogen-bond donors (Lipinski definition) is 0. The molecule has 0 atom stereocenters. The minimum absolute atomic E-state index is 0.115. The lowest BCUT2D eigenvalue weighted by Crippen LogP contribution is -2.30. The lowest BCUT2D eigenvalue weighted by molar-refractivity contribution is -0.0434. The predicted octanol–water partition coefficient (Wildman–Crippen LogP) is 4.80. The molecule has 0 unspecified atom stereocenters. The van der Waals surface area contributed by atoms with E-state index in [1.165, 1.54) is 49.4 Å². The quantitative estimate of drug-likeness (QED) is 0.452. The average molecular weight is 311 g/mol. The van der Waals surface area contributed by atoms with E-state index >= 15 is 0 Å². The first-order chi connectivity index (χ1) is 8.68. The molecule has 0 aliphatic heterocycles. The molecule has 0 saturated heterocycles.